The number of likely N-dealkylation sites (N-methyl/N-ethyl adjacent to an activating group) is 1. The maximum absolute atomic E-state index is 14.9. The molecule has 2 fully saturated rings. The number of nitrogens with zero attached hydrogens (tertiary/aromatic N) is 7. The fraction of sp³-hybridized carbons (Fsp3) is 0.385. The van der Waals surface area contributed by atoms with Gasteiger partial charge in [0.1, 0.15) is 22.9 Å². The molecule has 0 saturated carbocycles. The largest absolute Gasteiger partial charge is 0.364 e. The summed E-state index contributed by atoms with van der Waals surface area (Å²) in [7, 11) is 2.18. The molecule has 36 heavy (non-hydrogen) atoms. The van der Waals surface area contributed by atoms with Gasteiger partial charge in [-0.2, -0.15) is 0 Å². The van der Waals surface area contributed by atoms with Gasteiger partial charge in [0.25, 0.3) is 0 Å². The zero-order valence-corrected chi connectivity index (χ0v) is 20.7. The van der Waals surface area contributed by atoms with E-state index >= 15 is 0 Å². The third-order valence-electron chi connectivity index (χ3n) is 7.29. The lowest BCUT2D eigenvalue weighted by molar-refractivity contribution is 0.292. The first-order valence-corrected chi connectivity index (χ1v) is 12.2. The number of benzene rings is 1. The van der Waals surface area contributed by atoms with Crippen molar-refractivity contribution in [2.24, 2.45) is 0 Å². The number of pyridine rings is 1. The molecular weight excluding hydrogens is 462 g/mol. The minimum Gasteiger partial charge on any atom is -0.364 e. The van der Waals surface area contributed by atoms with Crippen molar-refractivity contribution in [1.29, 1.82) is 0 Å². The Kier molecular flexibility index (Phi) is 5.36. The molecule has 0 aliphatic carbocycles. The molecule has 0 spiro atoms. The van der Waals surface area contributed by atoms with E-state index in [4.69, 9.17) is 0 Å². The summed E-state index contributed by atoms with van der Waals surface area (Å²) in [5.74, 6) is 0.279. The van der Waals surface area contributed by atoms with E-state index in [1.807, 2.05) is 43.7 Å². The van der Waals surface area contributed by atoms with E-state index in [1.165, 1.54) is 12.5 Å². The van der Waals surface area contributed by atoms with E-state index in [0.717, 1.165) is 25.0 Å². The van der Waals surface area contributed by atoms with E-state index in [0.29, 0.717) is 34.8 Å². The topological polar surface area (TPSA) is 75.0 Å². The quantitative estimate of drug-likeness (QED) is 0.435. The zero-order chi connectivity index (χ0) is 25.1. The van der Waals surface area contributed by atoms with E-state index < -0.39 is 11.6 Å². The summed E-state index contributed by atoms with van der Waals surface area (Å²) < 4.78 is 31.7. The second-order valence-corrected chi connectivity index (χ2v) is 10.0. The van der Waals surface area contributed by atoms with Gasteiger partial charge in [-0.25, -0.2) is 28.7 Å². The van der Waals surface area contributed by atoms with E-state index in [2.05, 4.69) is 42.1 Å². The number of fused-ring (bicyclic) bond motifs is 3. The number of hydrogen-bond donors (Lipinski definition) is 1. The summed E-state index contributed by atoms with van der Waals surface area (Å²) in [5.41, 5.74) is 2.28. The number of aryl methyl sites for hydroxylation is 1. The third-order valence-corrected chi connectivity index (χ3v) is 7.29. The molecule has 0 amide bonds. The van der Waals surface area contributed by atoms with Gasteiger partial charge in [0.05, 0.1) is 23.6 Å². The molecule has 2 saturated heterocycles. The monoisotopic (exact) mass is 490 g/mol. The second-order valence-electron chi connectivity index (χ2n) is 10.0. The molecule has 5 heterocycles. The Bertz CT molecular complexity index is 1450. The molecule has 4 aromatic rings. The Morgan fingerprint density at radius 2 is 1.83 bits per heavy atom. The molecule has 0 radical (unpaired) electrons. The molecular formula is C26H28F2N8. The number of likely N-dealkylation sites (tertiary alicyclic amines) is 1. The van der Waals surface area contributed by atoms with Gasteiger partial charge in [0, 0.05) is 36.8 Å². The van der Waals surface area contributed by atoms with Crippen molar-refractivity contribution in [3.05, 3.63) is 54.1 Å². The molecule has 2 aliphatic rings. The first kappa shape index (κ1) is 22.8. The van der Waals surface area contributed by atoms with Crippen LogP contribution in [0.2, 0.25) is 0 Å². The Balaban J connectivity index is 1.28. The van der Waals surface area contributed by atoms with Gasteiger partial charge in [-0.3, -0.25) is 4.90 Å². The maximum Gasteiger partial charge on any atom is 0.229 e. The van der Waals surface area contributed by atoms with Crippen LogP contribution in [0.25, 0.3) is 22.3 Å². The van der Waals surface area contributed by atoms with Crippen LogP contribution in [0.1, 0.15) is 32.1 Å². The summed E-state index contributed by atoms with van der Waals surface area (Å²) in [6.45, 7) is 7.91. The number of anilines is 3. The van der Waals surface area contributed by atoms with E-state index in [-0.39, 0.29) is 23.2 Å². The molecule has 1 aromatic carbocycles. The van der Waals surface area contributed by atoms with Crippen molar-refractivity contribution < 1.29 is 8.78 Å². The standard InChI is InChI=1S/C26H28F2N8/c1-14(2)36-15(3)31-25-20(27)7-16(8-22(25)36)24-21(28)11-30-26(33-24)32-23-6-5-17(10-29-23)35-13-18-9-19(35)12-34(18)4/h5-8,10-11,14,18-19H,9,12-13H2,1-4H3,(H,29,30,32,33). The van der Waals surface area contributed by atoms with Gasteiger partial charge >= 0.3 is 0 Å². The number of halogens is 2. The van der Waals surface area contributed by atoms with Crippen LogP contribution in [0.15, 0.2) is 36.7 Å². The highest BCUT2D eigenvalue weighted by Gasteiger charge is 2.41. The maximum atomic E-state index is 14.9. The lowest BCUT2D eigenvalue weighted by atomic mass is 10.1. The van der Waals surface area contributed by atoms with Gasteiger partial charge in [-0.15, -0.1) is 0 Å². The van der Waals surface area contributed by atoms with Crippen molar-refractivity contribution in [3.63, 3.8) is 0 Å². The van der Waals surface area contributed by atoms with Crippen LogP contribution in [-0.4, -0.2) is 61.6 Å². The van der Waals surface area contributed by atoms with Crippen LogP contribution in [0, 0.1) is 18.6 Å². The molecule has 186 valence electrons. The molecule has 6 rings (SSSR count). The Morgan fingerprint density at radius 1 is 1.00 bits per heavy atom. The molecule has 2 aliphatic heterocycles. The zero-order valence-electron chi connectivity index (χ0n) is 20.7. The minimum atomic E-state index is -0.635. The number of aromatic nitrogens is 5. The lowest BCUT2D eigenvalue weighted by Gasteiger charge is -2.33. The third kappa shape index (κ3) is 3.76. The van der Waals surface area contributed by atoms with Crippen molar-refractivity contribution in [1.82, 2.24) is 29.4 Å². The number of imidazole rings is 1. The first-order chi connectivity index (χ1) is 17.3. The summed E-state index contributed by atoms with van der Waals surface area (Å²) in [6, 6.07) is 8.09. The van der Waals surface area contributed by atoms with Crippen molar-refractivity contribution in [3.8, 4) is 11.3 Å². The second kappa shape index (κ2) is 8.48. The molecule has 2 unspecified atom stereocenters. The number of rotatable bonds is 5. The summed E-state index contributed by atoms with van der Waals surface area (Å²) in [4.78, 5) is 22.1. The predicted molar refractivity (Wildman–Crippen MR) is 135 cm³/mol. The number of nitrogens with one attached hydrogen (secondary N) is 1. The number of hydrogen-bond acceptors (Lipinski definition) is 7. The fourth-order valence-corrected chi connectivity index (χ4v) is 5.61. The van der Waals surface area contributed by atoms with Gasteiger partial charge in [0.15, 0.2) is 11.6 Å². The first-order valence-electron chi connectivity index (χ1n) is 12.2. The molecule has 2 atom stereocenters. The minimum absolute atomic E-state index is 0.0105. The Labute approximate surface area is 208 Å². The highest BCUT2D eigenvalue weighted by molar-refractivity contribution is 5.83. The van der Waals surface area contributed by atoms with Gasteiger partial charge in [0.2, 0.25) is 5.95 Å². The van der Waals surface area contributed by atoms with Crippen molar-refractivity contribution >= 4 is 28.5 Å². The molecule has 10 heteroatoms. The van der Waals surface area contributed by atoms with Gasteiger partial charge in [-0.1, -0.05) is 0 Å². The van der Waals surface area contributed by atoms with Crippen LogP contribution in [0.4, 0.5) is 26.2 Å². The SMILES string of the molecule is Cc1nc2c(F)cc(-c3nc(Nc4ccc(N5CC6CC5CN6C)cn4)ncc3F)cc2n1C(C)C. The Morgan fingerprint density at radius 3 is 2.50 bits per heavy atom. The Hall–Kier alpha value is -3.66. The number of piperazine rings is 1. The summed E-state index contributed by atoms with van der Waals surface area (Å²) in [6.07, 6.45) is 4.11. The van der Waals surface area contributed by atoms with Crippen molar-refractivity contribution in [2.75, 3.05) is 30.4 Å². The van der Waals surface area contributed by atoms with Gasteiger partial charge < -0.3 is 14.8 Å². The van der Waals surface area contributed by atoms with E-state index in [1.54, 1.807) is 6.07 Å². The van der Waals surface area contributed by atoms with E-state index in [9.17, 15) is 8.78 Å². The summed E-state index contributed by atoms with van der Waals surface area (Å²) >= 11 is 0. The highest BCUT2D eigenvalue weighted by Crippen LogP contribution is 2.34. The molecule has 8 nitrogen and oxygen atoms in total. The normalized spacial score (nSPS) is 19.7. The lowest BCUT2D eigenvalue weighted by Crippen LogP contribution is -2.44. The molecule has 3 aromatic heterocycles. The smallest absolute Gasteiger partial charge is 0.229 e. The van der Waals surface area contributed by atoms with Crippen LogP contribution >= 0.6 is 0 Å². The van der Waals surface area contributed by atoms with Crippen LogP contribution in [0.3, 0.4) is 0 Å². The molecule has 2 bridgehead atoms. The fourth-order valence-electron chi connectivity index (χ4n) is 5.61. The molecule has 1 N–H and O–H groups in total. The van der Waals surface area contributed by atoms with Crippen molar-refractivity contribution in [2.45, 2.75) is 45.3 Å². The van der Waals surface area contributed by atoms with Crippen LogP contribution < -0.4 is 10.2 Å². The van der Waals surface area contributed by atoms with Gasteiger partial charge in [-0.05, 0) is 58.5 Å². The average molecular weight is 491 g/mol. The highest BCUT2D eigenvalue weighted by atomic mass is 19.1. The van der Waals surface area contributed by atoms with Crippen LogP contribution in [-0.2, 0) is 0 Å². The average Bonchev–Trinajstić information content (AvgIpc) is 3.52. The predicted octanol–water partition coefficient (Wildman–Crippen LogP) is 4.69. The summed E-state index contributed by atoms with van der Waals surface area (Å²) in [5, 5.41) is 3.05. The van der Waals surface area contributed by atoms with Crippen LogP contribution in [0.5, 0.6) is 0 Å².